The summed E-state index contributed by atoms with van der Waals surface area (Å²) in [6, 6.07) is 12.3. The smallest absolute Gasteiger partial charge is 0.224 e. The van der Waals surface area contributed by atoms with Gasteiger partial charge in [-0.05, 0) is 75.2 Å². The van der Waals surface area contributed by atoms with E-state index in [2.05, 4.69) is 65.9 Å². The Hall–Kier alpha value is -4.41. The minimum absolute atomic E-state index is 0.0248. The van der Waals surface area contributed by atoms with Gasteiger partial charge >= 0.3 is 0 Å². The fourth-order valence-electron chi connectivity index (χ4n) is 5.43. The van der Waals surface area contributed by atoms with Crippen molar-refractivity contribution in [2.45, 2.75) is 26.2 Å². The van der Waals surface area contributed by atoms with Gasteiger partial charge in [-0.2, -0.15) is 5.10 Å². The van der Waals surface area contributed by atoms with E-state index in [-0.39, 0.29) is 5.91 Å². The Morgan fingerprint density at radius 1 is 1.00 bits per heavy atom. The highest BCUT2D eigenvalue weighted by molar-refractivity contribution is 7.15. The zero-order valence-electron chi connectivity index (χ0n) is 22.0. The maximum absolute atomic E-state index is 12.7. The summed E-state index contributed by atoms with van der Waals surface area (Å²) in [5.41, 5.74) is 6.77. The van der Waals surface area contributed by atoms with Gasteiger partial charge in [-0.15, -0.1) is 11.3 Å². The Kier molecular flexibility index (Phi) is 6.33. The number of aromatic nitrogens is 6. The van der Waals surface area contributed by atoms with E-state index in [0.717, 1.165) is 81.0 Å². The number of nitrogens with one attached hydrogen (secondary N) is 4. The lowest BCUT2D eigenvalue weighted by Crippen LogP contribution is -2.30. The first kappa shape index (κ1) is 24.6. The molecule has 7 heterocycles. The molecule has 10 heteroatoms. The number of pyridine rings is 3. The van der Waals surface area contributed by atoms with E-state index in [1.54, 1.807) is 29.9 Å². The predicted octanol–water partition coefficient (Wildman–Crippen LogP) is 5.93. The largest absolute Gasteiger partial charge is 0.353 e. The van der Waals surface area contributed by atoms with E-state index in [9.17, 15) is 4.79 Å². The molecule has 1 amide bonds. The SMILES string of the molecule is Cc1ccc(-c2nccc3[nH]c(-c4n[nH]c5cnc(-c6cncc(NC(=O)CC7CCNCC7)c6)cc45)cc23)s1. The van der Waals surface area contributed by atoms with Crippen LogP contribution in [0.3, 0.4) is 0 Å². The molecule has 1 saturated heterocycles. The van der Waals surface area contributed by atoms with Gasteiger partial charge in [0.1, 0.15) is 5.69 Å². The van der Waals surface area contributed by atoms with Gasteiger partial charge in [-0.3, -0.25) is 24.8 Å². The van der Waals surface area contributed by atoms with Crippen LogP contribution in [0.4, 0.5) is 5.69 Å². The van der Waals surface area contributed by atoms with Crippen molar-refractivity contribution < 1.29 is 4.79 Å². The fourth-order valence-corrected chi connectivity index (χ4v) is 6.31. The van der Waals surface area contributed by atoms with Crippen LogP contribution in [-0.4, -0.2) is 49.1 Å². The van der Waals surface area contributed by atoms with Crippen LogP contribution in [0.15, 0.2) is 61.2 Å². The summed E-state index contributed by atoms with van der Waals surface area (Å²) in [7, 11) is 0. The van der Waals surface area contributed by atoms with Crippen LogP contribution in [0.1, 0.15) is 24.1 Å². The summed E-state index contributed by atoms with van der Waals surface area (Å²) < 4.78 is 0. The molecule has 0 aliphatic carbocycles. The number of H-pyrrole nitrogens is 2. The summed E-state index contributed by atoms with van der Waals surface area (Å²) in [6.45, 7) is 4.06. The predicted molar refractivity (Wildman–Crippen MR) is 159 cm³/mol. The van der Waals surface area contributed by atoms with Gasteiger partial charge in [0.05, 0.1) is 45.6 Å². The minimum Gasteiger partial charge on any atom is -0.353 e. The van der Waals surface area contributed by atoms with E-state index < -0.39 is 0 Å². The molecule has 0 radical (unpaired) electrons. The molecule has 0 unspecified atom stereocenters. The number of rotatable bonds is 6. The third-order valence-corrected chi connectivity index (χ3v) is 8.48. The molecule has 200 valence electrons. The van der Waals surface area contributed by atoms with E-state index in [1.807, 2.05) is 24.4 Å². The number of amides is 1. The molecule has 40 heavy (non-hydrogen) atoms. The van der Waals surface area contributed by atoms with Crippen LogP contribution in [0.5, 0.6) is 0 Å². The zero-order valence-corrected chi connectivity index (χ0v) is 22.8. The Morgan fingerprint density at radius 2 is 1.88 bits per heavy atom. The van der Waals surface area contributed by atoms with E-state index in [0.29, 0.717) is 18.0 Å². The summed E-state index contributed by atoms with van der Waals surface area (Å²) in [6.07, 6.45) is 9.66. The Morgan fingerprint density at radius 3 is 2.73 bits per heavy atom. The Balaban J connectivity index is 1.19. The van der Waals surface area contributed by atoms with Crippen LogP contribution < -0.4 is 10.6 Å². The number of fused-ring (bicyclic) bond motifs is 2. The topological polar surface area (TPSA) is 124 Å². The molecule has 7 rings (SSSR count). The number of nitrogens with zero attached hydrogens (tertiary/aromatic N) is 4. The van der Waals surface area contributed by atoms with Crippen LogP contribution in [-0.2, 0) is 4.79 Å². The molecule has 9 nitrogen and oxygen atoms in total. The normalized spacial score (nSPS) is 14.2. The van der Waals surface area contributed by atoms with Crippen LogP contribution in [0.25, 0.3) is 55.0 Å². The first-order chi connectivity index (χ1) is 19.6. The fraction of sp³-hybridized carbons (Fsp3) is 0.233. The molecular formula is C30H28N8OS. The number of carbonyl (C=O) groups excluding carboxylic acids is 1. The molecule has 0 atom stereocenters. The second-order valence-electron chi connectivity index (χ2n) is 10.3. The van der Waals surface area contributed by atoms with Crippen molar-refractivity contribution in [3.8, 4) is 33.2 Å². The van der Waals surface area contributed by atoms with Crippen molar-refractivity contribution in [2.24, 2.45) is 5.92 Å². The van der Waals surface area contributed by atoms with E-state index in [1.165, 1.54) is 4.88 Å². The third-order valence-electron chi connectivity index (χ3n) is 7.47. The van der Waals surface area contributed by atoms with Gasteiger partial charge < -0.3 is 15.6 Å². The van der Waals surface area contributed by atoms with Gasteiger partial charge in [0.15, 0.2) is 0 Å². The second-order valence-corrected chi connectivity index (χ2v) is 11.6. The molecule has 0 bridgehead atoms. The van der Waals surface area contributed by atoms with Crippen LogP contribution in [0.2, 0.25) is 0 Å². The monoisotopic (exact) mass is 548 g/mol. The highest BCUT2D eigenvalue weighted by Crippen LogP contribution is 2.36. The molecule has 1 aliphatic heterocycles. The van der Waals surface area contributed by atoms with Crippen molar-refractivity contribution >= 4 is 44.7 Å². The molecule has 6 aromatic heterocycles. The highest BCUT2D eigenvalue weighted by Gasteiger charge is 2.18. The number of aryl methyl sites for hydroxylation is 1. The summed E-state index contributed by atoms with van der Waals surface area (Å²) >= 11 is 1.74. The van der Waals surface area contributed by atoms with E-state index in [4.69, 9.17) is 0 Å². The van der Waals surface area contributed by atoms with Gasteiger partial charge in [0.25, 0.3) is 0 Å². The lowest BCUT2D eigenvalue weighted by Gasteiger charge is -2.21. The number of aromatic amines is 2. The van der Waals surface area contributed by atoms with Crippen molar-refractivity contribution in [1.82, 2.24) is 35.5 Å². The van der Waals surface area contributed by atoms with Crippen molar-refractivity contribution in [2.75, 3.05) is 18.4 Å². The van der Waals surface area contributed by atoms with E-state index >= 15 is 0 Å². The number of carbonyl (C=O) groups is 1. The van der Waals surface area contributed by atoms with Crippen molar-refractivity contribution in [3.05, 3.63) is 66.1 Å². The van der Waals surface area contributed by atoms with Crippen LogP contribution >= 0.6 is 11.3 Å². The lowest BCUT2D eigenvalue weighted by atomic mass is 9.94. The summed E-state index contributed by atoms with van der Waals surface area (Å²) in [5.74, 6) is 0.448. The van der Waals surface area contributed by atoms with Gasteiger partial charge in [-0.1, -0.05) is 0 Å². The van der Waals surface area contributed by atoms with Gasteiger partial charge in [0.2, 0.25) is 5.91 Å². The Labute approximate surface area is 234 Å². The molecule has 1 aliphatic rings. The standard InChI is InChI=1S/C30H28N8OS/c1-17-2-3-27(40-17)30-21-13-25(36-23(21)6-9-33-30)29-22-12-24(34-16-26(22)37-38-29)19-11-20(15-32-14-19)35-28(39)10-18-4-7-31-8-5-18/h2-3,6,9,11-16,18,31,36H,4-5,7-8,10H2,1H3,(H,35,39)(H,37,38). The van der Waals surface area contributed by atoms with Crippen molar-refractivity contribution in [1.29, 1.82) is 0 Å². The van der Waals surface area contributed by atoms with Crippen LogP contribution in [0, 0.1) is 12.8 Å². The molecule has 6 aromatic rings. The first-order valence-electron chi connectivity index (χ1n) is 13.5. The van der Waals surface area contributed by atoms with Gasteiger partial charge in [-0.25, -0.2) is 0 Å². The second kappa shape index (κ2) is 10.3. The number of anilines is 1. The summed E-state index contributed by atoms with van der Waals surface area (Å²) in [4.78, 5) is 32.3. The molecule has 4 N–H and O–H groups in total. The summed E-state index contributed by atoms with van der Waals surface area (Å²) in [5, 5.41) is 16.1. The number of hydrogen-bond acceptors (Lipinski definition) is 7. The number of thiophene rings is 1. The maximum Gasteiger partial charge on any atom is 0.224 e. The quantitative estimate of drug-likeness (QED) is 0.205. The lowest BCUT2D eigenvalue weighted by molar-refractivity contribution is -0.117. The molecule has 1 fully saturated rings. The Bertz CT molecular complexity index is 1850. The average molecular weight is 549 g/mol. The molecule has 0 aromatic carbocycles. The van der Waals surface area contributed by atoms with Gasteiger partial charge in [0, 0.05) is 45.5 Å². The number of hydrogen-bond donors (Lipinski definition) is 4. The zero-order chi connectivity index (χ0) is 27.1. The van der Waals surface area contributed by atoms with Crippen molar-refractivity contribution in [3.63, 3.8) is 0 Å². The minimum atomic E-state index is 0.0248. The first-order valence-corrected chi connectivity index (χ1v) is 14.3. The maximum atomic E-state index is 12.7. The highest BCUT2D eigenvalue weighted by atomic mass is 32.1. The molecule has 0 saturated carbocycles. The third kappa shape index (κ3) is 4.76. The average Bonchev–Trinajstić information content (AvgIpc) is 3.71. The molecule has 0 spiro atoms. The molecular weight excluding hydrogens is 520 g/mol. The number of piperidine rings is 1.